The Labute approximate surface area is 136 Å². The molecule has 5 heteroatoms. The van der Waals surface area contributed by atoms with Gasteiger partial charge in [0.05, 0.1) is 14.2 Å². The van der Waals surface area contributed by atoms with E-state index < -0.39 is 0 Å². The van der Waals surface area contributed by atoms with Crippen LogP contribution in [0.5, 0.6) is 11.5 Å². The van der Waals surface area contributed by atoms with Crippen molar-refractivity contribution in [3.05, 3.63) is 47.5 Å². The fourth-order valence-electron chi connectivity index (χ4n) is 2.05. The zero-order valence-electron chi connectivity index (χ0n) is 13.2. The number of hydrogen-bond acceptors (Lipinski definition) is 3. The lowest BCUT2D eigenvalue weighted by atomic mass is 10.1. The molecular formula is C17H20N2O2S. The summed E-state index contributed by atoms with van der Waals surface area (Å²) in [4.78, 5) is 0. The van der Waals surface area contributed by atoms with E-state index >= 15 is 0 Å². The molecule has 2 aromatic carbocycles. The summed E-state index contributed by atoms with van der Waals surface area (Å²) in [5.74, 6) is 1.41. The number of benzene rings is 2. The van der Waals surface area contributed by atoms with Gasteiger partial charge in [0.1, 0.15) is 11.5 Å². The van der Waals surface area contributed by atoms with Crippen molar-refractivity contribution in [1.29, 1.82) is 0 Å². The number of rotatable bonds is 4. The van der Waals surface area contributed by atoms with E-state index in [4.69, 9.17) is 21.7 Å². The largest absolute Gasteiger partial charge is 0.497 e. The van der Waals surface area contributed by atoms with Gasteiger partial charge in [0, 0.05) is 29.6 Å². The summed E-state index contributed by atoms with van der Waals surface area (Å²) in [6, 6.07) is 11.6. The molecule has 2 aromatic rings. The first-order valence-corrected chi connectivity index (χ1v) is 7.31. The molecule has 0 saturated heterocycles. The maximum absolute atomic E-state index is 5.38. The Hall–Kier alpha value is -2.27. The first kappa shape index (κ1) is 16.1. The van der Waals surface area contributed by atoms with Crippen molar-refractivity contribution in [3.63, 3.8) is 0 Å². The van der Waals surface area contributed by atoms with Gasteiger partial charge in [0.15, 0.2) is 5.11 Å². The van der Waals surface area contributed by atoms with E-state index in [0.29, 0.717) is 16.6 Å². The average molecular weight is 316 g/mol. The Morgan fingerprint density at radius 1 is 0.955 bits per heavy atom. The van der Waals surface area contributed by atoms with E-state index in [0.717, 1.165) is 11.4 Å². The quantitative estimate of drug-likeness (QED) is 0.830. The highest BCUT2D eigenvalue weighted by Gasteiger charge is 2.06. The SMILES string of the molecule is COc1cc(NC(=S)Nc2cccc(C)c2C)cc(OC)c1. The van der Waals surface area contributed by atoms with Crippen molar-refractivity contribution in [2.45, 2.75) is 13.8 Å². The minimum Gasteiger partial charge on any atom is -0.497 e. The van der Waals surface area contributed by atoms with Gasteiger partial charge < -0.3 is 20.1 Å². The molecule has 0 amide bonds. The molecule has 2 N–H and O–H groups in total. The molecule has 0 radical (unpaired) electrons. The van der Waals surface area contributed by atoms with Crippen LogP contribution in [0.3, 0.4) is 0 Å². The van der Waals surface area contributed by atoms with E-state index in [1.54, 1.807) is 14.2 Å². The number of aryl methyl sites for hydroxylation is 1. The van der Waals surface area contributed by atoms with Crippen LogP contribution < -0.4 is 20.1 Å². The summed E-state index contributed by atoms with van der Waals surface area (Å²) in [6.07, 6.45) is 0. The lowest BCUT2D eigenvalue weighted by molar-refractivity contribution is 0.395. The third-order valence-corrected chi connectivity index (χ3v) is 3.67. The van der Waals surface area contributed by atoms with Crippen molar-refractivity contribution in [3.8, 4) is 11.5 Å². The predicted molar refractivity (Wildman–Crippen MR) is 95.3 cm³/mol. The molecule has 0 aliphatic carbocycles. The molecule has 0 atom stereocenters. The van der Waals surface area contributed by atoms with Gasteiger partial charge in [-0.3, -0.25) is 0 Å². The predicted octanol–water partition coefficient (Wildman–Crippen LogP) is 4.13. The standard InChI is InChI=1S/C17H20N2O2S/c1-11-6-5-7-16(12(11)2)19-17(22)18-13-8-14(20-3)10-15(9-13)21-4/h5-10H,1-4H3,(H2,18,19,22). The van der Waals surface area contributed by atoms with E-state index in [-0.39, 0.29) is 0 Å². The summed E-state index contributed by atoms with van der Waals surface area (Å²) in [6.45, 7) is 4.14. The number of ether oxygens (including phenoxy) is 2. The summed E-state index contributed by atoms with van der Waals surface area (Å²) in [7, 11) is 3.23. The fourth-order valence-corrected chi connectivity index (χ4v) is 2.28. The highest BCUT2D eigenvalue weighted by Crippen LogP contribution is 2.26. The van der Waals surface area contributed by atoms with Gasteiger partial charge in [-0.25, -0.2) is 0 Å². The van der Waals surface area contributed by atoms with Gasteiger partial charge in [-0.05, 0) is 43.3 Å². The monoisotopic (exact) mass is 316 g/mol. The van der Waals surface area contributed by atoms with E-state index in [1.165, 1.54) is 11.1 Å². The number of hydrogen-bond donors (Lipinski definition) is 2. The van der Waals surface area contributed by atoms with E-state index in [2.05, 4.69) is 30.5 Å². The van der Waals surface area contributed by atoms with Crippen molar-refractivity contribution >= 4 is 28.7 Å². The zero-order chi connectivity index (χ0) is 16.1. The number of thiocarbonyl (C=S) groups is 1. The summed E-state index contributed by atoms with van der Waals surface area (Å²) >= 11 is 5.38. The molecule has 0 aliphatic rings. The van der Waals surface area contributed by atoms with Crippen LogP contribution in [0, 0.1) is 13.8 Å². The Morgan fingerprint density at radius 3 is 2.18 bits per heavy atom. The lowest BCUT2D eigenvalue weighted by Gasteiger charge is -2.15. The molecule has 0 heterocycles. The van der Waals surface area contributed by atoms with Gasteiger partial charge >= 0.3 is 0 Å². The van der Waals surface area contributed by atoms with Crippen LogP contribution in [-0.4, -0.2) is 19.3 Å². The fraction of sp³-hybridized carbons (Fsp3) is 0.235. The van der Waals surface area contributed by atoms with Crippen molar-refractivity contribution in [2.75, 3.05) is 24.9 Å². The topological polar surface area (TPSA) is 42.5 Å². The summed E-state index contributed by atoms with van der Waals surface area (Å²) in [5, 5.41) is 6.88. The van der Waals surface area contributed by atoms with Gasteiger partial charge in [-0.15, -0.1) is 0 Å². The molecule has 116 valence electrons. The molecule has 0 saturated carbocycles. The Bertz CT molecular complexity index is 664. The summed E-state index contributed by atoms with van der Waals surface area (Å²) < 4.78 is 10.5. The number of methoxy groups -OCH3 is 2. The molecule has 0 unspecified atom stereocenters. The molecule has 0 fully saturated rings. The minimum absolute atomic E-state index is 0.518. The van der Waals surface area contributed by atoms with Gasteiger partial charge in [0.25, 0.3) is 0 Å². The molecule has 0 aromatic heterocycles. The number of anilines is 2. The van der Waals surface area contributed by atoms with Gasteiger partial charge in [-0.2, -0.15) is 0 Å². The third-order valence-electron chi connectivity index (χ3n) is 3.46. The van der Waals surface area contributed by atoms with E-state index in [1.807, 2.05) is 30.3 Å². The maximum Gasteiger partial charge on any atom is 0.175 e. The molecule has 0 spiro atoms. The highest BCUT2D eigenvalue weighted by atomic mass is 32.1. The molecular weight excluding hydrogens is 296 g/mol. The first-order chi connectivity index (χ1) is 10.5. The Balaban J connectivity index is 2.13. The van der Waals surface area contributed by atoms with Crippen LogP contribution in [0.2, 0.25) is 0 Å². The Morgan fingerprint density at radius 2 is 1.59 bits per heavy atom. The van der Waals surface area contributed by atoms with Crippen molar-refractivity contribution in [1.82, 2.24) is 0 Å². The molecule has 2 rings (SSSR count). The van der Waals surface area contributed by atoms with Crippen LogP contribution in [0.25, 0.3) is 0 Å². The van der Waals surface area contributed by atoms with Crippen molar-refractivity contribution in [2.24, 2.45) is 0 Å². The summed E-state index contributed by atoms with van der Waals surface area (Å²) in [5.41, 5.74) is 4.19. The molecule has 22 heavy (non-hydrogen) atoms. The Kier molecular flexibility index (Phi) is 5.22. The van der Waals surface area contributed by atoms with Crippen LogP contribution in [0.1, 0.15) is 11.1 Å². The second kappa shape index (κ2) is 7.13. The van der Waals surface area contributed by atoms with Crippen LogP contribution >= 0.6 is 12.2 Å². The third kappa shape index (κ3) is 3.89. The minimum atomic E-state index is 0.518. The first-order valence-electron chi connectivity index (χ1n) is 6.90. The smallest absolute Gasteiger partial charge is 0.175 e. The molecule has 4 nitrogen and oxygen atoms in total. The van der Waals surface area contributed by atoms with Crippen LogP contribution in [-0.2, 0) is 0 Å². The molecule has 0 aliphatic heterocycles. The van der Waals surface area contributed by atoms with Crippen LogP contribution in [0.4, 0.5) is 11.4 Å². The second-order valence-electron chi connectivity index (χ2n) is 4.93. The highest BCUT2D eigenvalue weighted by molar-refractivity contribution is 7.80. The average Bonchev–Trinajstić information content (AvgIpc) is 2.51. The number of nitrogens with one attached hydrogen (secondary N) is 2. The van der Waals surface area contributed by atoms with Gasteiger partial charge in [-0.1, -0.05) is 12.1 Å². The molecule has 0 bridgehead atoms. The zero-order valence-corrected chi connectivity index (χ0v) is 14.0. The van der Waals surface area contributed by atoms with Gasteiger partial charge in [0.2, 0.25) is 0 Å². The second-order valence-corrected chi connectivity index (χ2v) is 5.34. The lowest BCUT2D eigenvalue weighted by Crippen LogP contribution is -2.19. The van der Waals surface area contributed by atoms with Crippen LogP contribution in [0.15, 0.2) is 36.4 Å². The normalized spacial score (nSPS) is 10.0. The van der Waals surface area contributed by atoms with E-state index in [9.17, 15) is 0 Å². The van der Waals surface area contributed by atoms with Crippen molar-refractivity contribution < 1.29 is 9.47 Å². The maximum atomic E-state index is 5.38.